The Hall–Kier alpha value is -0.0800. The summed E-state index contributed by atoms with van der Waals surface area (Å²) in [6.45, 7) is 15.8. The molecule has 0 heterocycles. The average Bonchev–Trinajstić information content (AvgIpc) is 2.28. The van der Waals surface area contributed by atoms with Crippen molar-refractivity contribution in [1.82, 2.24) is 4.90 Å². The minimum atomic E-state index is 0.165. The molecule has 0 saturated carbocycles. The predicted octanol–water partition coefficient (Wildman–Crippen LogP) is 3.65. The molecule has 2 heteroatoms. The number of hydrogen-bond acceptors (Lipinski definition) is 2. The predicted molar refractivity (Wildman–Crippen MR) is 78.3 cm³/mol. The first kappa shape index (κ1) is 16.9. The van der Waals surface area contributed by atoms with Crippen molar-refractivity contribution in [3.63, 3.8) is 0 Å². The quantitative estimate of drug-likeness (QED) is 0.669. The highest BCUT2D eigenvalue weighted by Crippen LogP contribution is 2.26. The zero-order valence-electron chi connectivity index (χ0n) is 12.9. The van der Waals surface area contributed by atoms with E-state index in [0.717, 1.165) is 6.54 Å². The van der Waals surface area contributed by atoms with Crippen LogP contribution >= 0.6 is 0 Å². The molecular weight excluding hydrogens is 208 g/mol. The molecule has 0 rings (SSSR count). The third-order valence-corrected chi connectivity index (χ3v) is 3.86. The van der Waals surface area contributed by atoms with Crippen LogP contribution in [-0.2, 0) is 0 Å². The summed E-state index contributed by atoms with van der Waals surface area (Å²) in [4.78, 5) is 2.65. The van der Waals surface area contributed by atoms with Crippen LogP contribution in [0.2, 0.25) is 0 Å². The van der Waals surface area contributed by atoms with Crippen LogP contribution in [0.25, 0.3) is 0 Å². The van der Waals surface area contributed by atoms with Gasteiger partial charge in [0.25, 0.3) is 0 Å². The van der Waals surface area contributed by atoms with Crippen molar-refractivity contribution >= 4 is 0 Å². The fourth-order valence-electron chi connectivity index (χ4n) is 2.77. The molecule has 0 spiro atoms. The van der Waals surface area contributed by atoms with Gasteiger partial charge in [0.15, 0.2) is 0 Å². The molecule has 0 aromatic heterocycles. The fourth-order valence-corrected chi connectivity index (χ4v) is 2.77. The zero-order valence-corrected chi connectivity index (χ0v) is 12.9. The molecule has 104 valence electrons. The Labute approximate surface area is 109 Å². The molecule has 0 fully saturated rings. The maximum absolute atomic E-state index is 6.08. The molecule has 0 aromatic carbocycles. The lowest BCUT2D eigenvalue weighted by atomic mass is 9.87. The smallest absolute Gasteiger partial charge is 0.0308 e. The van der Waals surface area contributed by atoms with E-state index in [9.17, 15) is 0 Å². The normalized spacial score (nSPS) is 17.5. The molecule has 0 aliphatic rings. The highest BCUT2D eigenvalue weighted by molar-refractivity contribution is 4.90. The van der Waals surface area contributed by atoms with Gasteiger partial charge in [-0.25, -0.2) is 0 Å². The van der Waals surface area contributed by atoms with E-state index >= 15 is 0 Å². The highest BCUT2D eigenvalue weighted by Gasteiger charge is 2.33. The van der Waals surface area contributed by atoms with Crippen molar-refractivity contribution in [3.05, 3.63) is 0 Å². The maximum Gasteiger partial charge on any atom is 0.0308 e. The number of nitrogens with two attached hydrogens (primary N) is 1. The monoisotopic (exact) mass is 242 g/mol. The zero-order chi connectivity index (χ0) is 13.5. The molecule has 2 nitrogen and oxygen atoms in total. The Bertz CT molecular complexity index is 191. The standard InChI is InChI=1S/C15H34N2/c1-7-9-10-17(14(5)8-2)15(6,12-16)11-13(3)4/h13-14H,7-12,16H2,1-6H3. The summed E-state index contributed by atoms with van der Waals surface area (Å²) in [7, 11) is 0. The summed E-state index contributed by atoms with van der Waals surface area (Å²) < 4.78 is 0. The first-order chi connectivity index (χ1) is 7.91. The largest absolute Gasteiger partial charge is 0.329 e. The van der Waals surface area contributed by atoms with Crippen LogP contribution in [0.4, 0.5) is 0 Å². The summed E-state index contributed by atoms with van der Waals surface area (Å²) in [5.41, 5.74) is 6.24. The molecule has 0 aromatic rings. The van der Waals surface area contributed by atoms with Gasteiger partial charge in [-0.2, -0.15) is 0 Å². The summed E-state index contributed by atoms with van der Waals surface area (Å²) in [6.07, 6.45) is 4.93. The van der Waals surface area contributed by atoms with E-state index in [4.69, 9.17) is 5.73 Å². The van der Waals surface area contributed by atoms with Crippen molar-refractivity contribution in [1.29, 1.82) is 0 Å². The molecule has 0 amide bonds. The Morgan fingerprint density at radius 1 is 1.18 bits per heavy atom. The molecule has 2 atom stereocenters. The van der Waals surface area contributed by atoms with Crippen molar-refractivity contribution in [2.24, 2.45) is 11.7 Å². The van der Waals surface area contributed by atoms with Crippen LogP contribution in [0, 0.1) is 5.92 Å². The van der Waals surface area contributed by atoms with Crippen LogP contribution < -0.4 is 5.73 Å². The van der Waals surface area contributed by atoms with Gasteiger partial charge in [0.05, 0.1) is 0 Å². The van der Waals surface area contributed by atoms with Crippen molar-refractivity contribution < 1.29 is 0 Å². The second-order valence-corrected chi connectivity index (χ2v) is 6.10. The van der Waals surface area contributed by atoms with E-state index in [-0.39, 0.29) is 5.54 Å². The van der Waals surface area contributed by atoms with Gasteiger partial charge in [-0.1, -0.05) is 34.1 Å². The summed E-state index contributed by atoms with van der Waals surface area (Å²) in [5.74, 6) is 0.705. The highest BCUT2D eigenvalue weighted by atomic mass is 15.2. The van der Waals surface area contributed by atoms with Crippen molar-refractivity contribution in [2.45, 2.75) is 78.8 Å². The van der Waals surface area contributed by atoms with Gasteiger partial charge in [-0.3, -0.25) is 4.90 Å². The van der Waals surface area contributed by atoms with E-state index in [1.807, 2.05) is 0 Å². The van der Waals surface area contributed by atoms with Gasteiger partial charge in [0.2, 0.25) is 0 Å². The molecule has 0 radical (unpaired) electrons. The maximum atomic E-state index is 6.08. The molecule has 0 saturated heterocycles. The fraction of sp³-hybridized carbons (Fsp3) is 1.00. The van der Waals surface area contributed by atoms with E-state index in [2.05, 4.69) is 46.4 Å². The molecule has 0 bridgehead atoms. The van der Waals surface area contributed by atoms with Crippen molar-refractivity contribution in [2.75, 3.05) is 13.1 Å². The molecule has 0 aliphatic carbocycles. The van der Waals surface area contributed by atoms with E-state index in [0.29, 0.717) is 12.0 Å². The Morgan fingerprint density at radius 2 is 1.76 bits per heavy atom. The SMILES string of the molecule is CCCCN(C(C)CC)C(C)(CN)CC(C)C. The molecule has 2 N–H and O–H groups in total. The van der Waals surface area contributed by atoms with Gasteiger partial charge in [-0.05, 0) is 45.6 Å². The second kappa shape index (κ2) is 8.10. The topological polar surface area (TPSA) is 29.3 Å². The summed E-state index contributed by atoms with van der Waals surface area (Å²) in [6, 6.07) is 0.633. The van der Waals surface area contributed by atoms with Gasteiger partial charge in [-0.15, -0.1) is 0 Å². The molecule has 0 aliphatic heterocycles. The van der Waals surface area contributed by atoms with Gasteiger partial charge in [0, 0.05) is 18.1 Å². The number of rotatable bonds is 9. The van der Waals surface area contributed by atoms with Crippen LogP contribution in [-0.4, -0.2) is 29.6 Å². The van der Waals surface area contributed by atoms with Crippen LogP contribution in [0.5, 0.6) is 0 Å². The second-order valence-electron chi connectivity index (χ2n) is 6.10. The van der Waals surface area contributed by atoms with Crippen LogP contribution in [0.3, 0.4) is 0 Å². The van der Waals surface area contributed by atoms with Gasteiger partial charge in [0.1, 0.15) is 0 Å². The van der Waals surface area contributed by atoms with Crippen LogP contribution in [0.15, 0.2) is 0 Å². The third-order valence-electron chi connectivity index (χ3n) is 3.86. The lowest BCUT2D eigenvalue weighted by molar-refractivity contribution is 0.0481. The average molecular weight is 242 g/mol. The van der Waals surface area contributed by atoms with E-state index in [1.165, 1.54) is 32.2 Å². The van der Waals surface area contributed by atoms with Gasteiger partial charge >= 0.3 is 0 Å². The Morgan fingerprint density at radius 3 is 2.12 bits per heavy atom. The molecule has 17 heavy (non-hydrogen) atoms. The van der Waals surface area contributed by atoms with Crippen molar-refractivity contribution in [3.8, 4) is 0 Å². The minimum Gasteiger partial charge on any atom is -0.329 e. The lowest BCUT2D eigenvalue weighted by Gasteiger charge is -2.45. The Kier molecular flexibility index (Phi) is 8.06. The summed E-state index contributed by atoms with van der Waals surface area (Å²) in [5, 5.41) is 0. The minimum absolute atomic E-state index is 0.165. The summed E-state index contributed by atoms with van der Waals surface area (Å²) >= 11 is 0. The van der Waals surface area contributed by atoms with E-state index in [1.54, 1.807) is 0 Å². The third kappa shape index (κ3) is 5.39. The molecular formula is C15H34N2. The van der Waals surface area contributed by atoms with Gasteiger partial charge < -0.3 is 5.73 Å². The molecule has 2 unspecified atom stereocenters. The first-order valence-corrected chi connectivity index (χ1v) is 7.38. The number of nitrogens with zero attached hydrogens (tertiary/aromatic N) is 1. The number of hydrogen-bond donors (Lipinski definition) is 1. The van der Waals surface area contributed by atoms with E-state index < -0.39 is 0 Å². The number of unbranched alkanes of at least 4 members (excludes halogenated alkanes) is 1. The lowest BCUT2D eigenvalue weighted by Crippen LogP contribution is -2.56. The first-order valence-electron chi connectivity index (χ1n) is 7.38. The Balaban J connectivity index is 4.80. The van der Waals surface area contributed by atoms with Crippen LogP contribution in [0.1, 0.15) is 67.2 Å².